The van der Waals surface area contributed by atoms with E-state index in [-0.39, 0.29) is 5.41 Å². The maximum absolute atomic E-state index is 10.7. The third-order valence-corrected chi connectivity index (χ3v) is 5.96. The van der Waals surface area contributed by atoms with Gasteiger partial charge < -0.3 is 10.0 Å². The number of benzene rings is 2. The Morgan fingerprint density at radius 3 is 2.48 bits per heavy atom. The molecule has 0 aliphatic carbocycles. The average Bonchev–Trinajstić information content (AvgIpc) is 3.09. The van der Waals surface area contributed by atoms with Crippen molar-refractivity contribution < 1.29 is 5.11 Å². The molecule has 0 saturated carbocycles. The number of rotatable bonds is 4. The highest BCUT2D eigenvalue weighted by Gasteiger charge is 2.22. The second-order valence-corrected chi connectivity index (χ2v) is 8.96. The van der Waals surface area contributed by atoms with Crippen molar-refractivity contribution in [3.63, 3.8) is 0 Å². The molecule has 0 atom stereocenters. The van der Waals surface area contributed by atoms with Gasteiger partial charge in [-0.2, -0.15) is 0 Å². The first-order chi connectivity index (χ1) is 12.9. The number of fused-ring (bicyclic) bond motifs is 3. The minimum Gasteiger partial charge on any atom is -0.507 e. The molecular weight excluding hydrogens is 352 g/mol. The van der Waals surface area contributed by atoms with Gasteiger partial charge >= 0.3 is 0 Å². The van der Waals surface area contributed by atoms with E-state index in [9.17, 15) is 5.11 Å². The summed E-state index contributed by atoms with van der Waals surface area (Å²) in [6.45, 7) is 5.50. The molecule has 0 spiro atoms. The molecule has 2 heterocycles. The second kappa shape index (κ2) is 6.63. The maximum atomic E-state index is 10.7. The summed E-state index contributed by atoms with van der Waals surface area (Å²) in [4.78, 5) is 6.80. The van der Waals surface area contributed by atoms with E-state index in [1.807, 2.05) is 12.3 Å². The fourth-order valence-corrected chi connectivity index (χ4v) is 4.74. The van der Waals surface area contributed by atoms with Crippen molar-refractivity contribution in [2.75, 3.05) is 20.6 Å². The molecule has 0 unspecified atom stereocenters. The Morgan fingerprint density at radius 2 is 1.78 bits per heavy atom. The number of aromatic nitrogens is 1. The number of aromatic hydroxyl groups is 1. The molecule has 0 aliphatic heterocycles. The van der Waals surface area contributed by atoms with Gasteiger partial charge in [-0.25, -0.2) is 0 Å². The van der Waals surface area contributed by atoms with Crippen LogP contribution < -0.4 is 0 Å². The van der Waals surface area contributed by atoms with Crippen molar-refractivity contribution >= 4 is 32.3 Å². The van der Waals surface area contributed by atoms with Gasteiger partial charge in [-0.15, -0.1) is 11.3 Å². The molecule has 2 aromatic carbocycles. The molecule has 0 fully saturated rings. The summed E-state index contributed by atoms with van der Waals surface area (Å²) in [7, 11) is 4.20. The first kappa shape index (κ1) is 18.0. The van der Waals surface area contributed by atoms with Crippen molar-refractivity contribution in [2.24, 2.45) is 0 Å². The van der Waals surface area contributed by atoms with E-state index in [1.165, 1.54) is 5.56 Å². The van der Waals surface area contributed by atoms with E-state index in [4.69, 9.17) is 0 Å². The number of hydrogen-bond donors (Lipinski definition) is 1. The van der Waals surface area contributed by atoms with Crippen molar-refractivity contribution in [1.29, 1.82) is 0 Å². The lowest BCUT2D eigenvalue weighted by molar-refractivity contribution is 0.315. The molecule has 138 valence electrons. The molecule has 2 aromatic heterocycles. The largest absolute Gasteiger partial charge is 0.507 e. The lowest BCUT2D eigenvalue weighted by Gasteiger charge is -2.29. The molecule has 3 nitrogen and oxygen atoms in total. The number of pyridine rings is 1. The van der Waals surface area contributed by atoms with Crippen LogP contribution in [-0.2, 0) is 5.41 Å². The number of nitrogens with zero attached hydrogens (tertiary/aromatic N) is 2. The third kappa shape index (κ3) is 3.20. The SMILES string of the molecule is CN(C)CC(C)(C)c1ccc(-c2c(O)ccc3ncc4sccc4c23)cc1. The highest BCUT2D eigenvalue weighted by atomic mass is 32.1. The van der Waals surface area contributed by atoms with Crippen LogP contribution in [0, 0.1) is 0 Å². The average molecular weight is 377 g/mol. The minimum atomic E-state index is 0.0605. The molecule has 27 heavy (non-hydrogen) atoms. The number of phenolic OH excluding ortho intramolecular Hbond substituents is 1. The highest BCUT2D eigenvalue weighted by Crippen LogP contribution is 2.41. The van der Waals surface area contributed by atoms with Crippen molar-refractivity contribution in [3.8, 4) is 16.9 Å². The topological polar surface area (TPSA) is 36.4 Å². The Morgan fingerprint density at radius 1 is 1.04 bits per heavy atom. The molecule has 0 aliphatic rings. The molecule has 0 saturated heterocycles. The first-order valence-electron chi connectivity index (χ1n) is 9.10. The Bertz CT molecular complexity index is 1110. The van der Waals surface area contributed by atoms with Gasteiger partial charge in [-0.05, 0) is 48.8 Å². The number of phenols is 1. The van der Waals surface area contributed by atoms with Crippen molar-refractivity contribution in [2.45, 2.75) is 19.3 Å². The summed E-state index contributed by atoms with van der Waals surface area (Å²) in [6.07, 6.45) is 1.91. The fraction of sp³-hybridized carbons (Fsp3) is 0.261. The Hall–Kier alpha value is -2.43. The lowest BCUT2D eigenvalue weighted by atomic mass is 9.83. The number of hydrogen-bond acceptors (Lipinski definition) is 4. The van der Waals surface area contributed by atoms with Crippen LogP contribution in [0.3, 0.4) is 0 Å². The number of likely N-dealkylation sites (N-methyl/N-ethyl adjacent to an activating group) is 1. The highest BCUT2D eigenvalue weighted by molar-refractivity contribution is 7.17. The van der Waals surface area contributed by atoms with Gasteiger partial charge in [0.05, 0.1) is 10.2 Å². The zero-order valence-corrected chi connectivity index (χ0v) is 17.0. The fourth-order valence-electron chi connectivity index (χ4n) is 3.98. The van der Waals surface area contributed by atoms with Gasteiger partial charge in [0.2, 0.25) is 0 Å². The maximum Gasteiger partial charge on any atom is 0.124 e. The molecule has 0 radical (unpaired) electrons. The molecule has 0 bridgehead atoms. The van der Waals surface area contributed by atoms with Crippen LogP contribution in [0.2, 0.25) is 0 Å². The van der Waals surface area contributed by atoms with Gasteiger partial charge in [0.25, 0.3) is 0 Å². The van der Waals surface area contributed by atoms with E-state index in [2.05, 4.69) is 73.5 Å². The van der Waals surface area contributed by atoms with Crippen LogP contribution >= 0.6 is 11.3 Å². The smallest absolute Gasteiger partial charge is 0.124 e. The van der Waals surface area contributed by atoms with E-state index >= 15 is 0 Å². The van der Waals surface area contributed by atoms with E-state index in [0.29, 0.717) is 5.75 Å². The normalized spacial score (nSPS) is 12.3. The second-order valence-electron chi connectivity index (χ2n) is 8.01. The van der Waals surface area contributed by atoms with Gasteiger partial charge in [0.1, 0.15) is 5.75 Å². The third-order valence-electron chi connectivity index (χ3n) is 5.11. The van der Waals surface area contributed by atoms with E-state index in [1.54, 1.807) is 17.4 Å². The minimum absolute atomic E-state index is 0.0605. The quantitative estimate of drug-likeness (QED) is 0.499. The molecule has 1 N–H and O–H groups in total. The molecule has 4 heteroatoms. The Balaban J connectivity index is 1.88. The van der Waals surface area contributed by atoms with Crippen LogP contribution in [0.4, 0.5) is 0 Å². The predicted molar refractivity (Wildman–Crippen MR) is 116 cm³/mol. The summed E-state index contributed by atoms with van der Waals surface area (Å²) in [5, 5.41) is 14.9. The summed E-state index contributed by atoms with van der Waals surface area (Å²) in [6, 6.07) is 14.3. The molecule has 4 aromatic rings. The van der Waals surface area contributed by atoms with E-state index < -0.39 is 0 Å². The standard InChI is InChI=1S/C23H24N2OS/c1-23(2,14-25(3)4)16-7-5-15(6-8-16)21-19(26)10-9-18-22(21)17-11-12-27-20(17)13-24-18/h5-13,26H,14H2,1-4H3. The van der Waals surface area contributed by atoms with E-state index in [0.717, 1.165) is 38.7 Å². The van der Waals surface area contributed by atoms with Crippen LogP contribution in [0.5, 0.6) is 5.75 Å². The van der Waals surface area contributed by atoms with Crippen LogP contribution in [-0.4, -0.2) is 35.6 Å². The van der Waals surface area contributed by atoms with Gasteiger partial charge in [0.15, 0.2) is 0 Å². The Kier molecular flexibility index (Phi) is 4.41. The van der Waals surface area contributed by atoms with Crippen LogP contribution in [0.15, 0.2) is 54.0 Å². The summed E-state index contributed by atoms with van der Waals surface area (Å²) in [5.74, 6) is 0.295. The molecule has 0 amide bonds. The summed E-state index contributed by atoms with van der Waals surface area (Å²) < 4.78 is 1.14. The van der Waals surface area contributed by atoms with Crippen molar-refractivity contribution in [1.82, 2.24) is 9.88 Å². The van der Waals surface area contributed by atoms with Gasteiger partial charge in [-0.3, -0.25) is 4.98 Å². The zero-order valence-electron chi connectivity index (χ0n) is 16.2. The summed E-state index contributed by atoms with van der Waals surface area (Å²) >= 11 is 1.67. The monoisotopic (exact) mass is 376 g/mol. The zero-order chi connectivity index (χ0) is 19.2. The Labute approximate surface area is 163 Å². The van der Waals surface area contributed by atoms with Crippen LogP contribution in [0.1, 0.15) is 19.4 Å². The predicted octanol–water partition coefficient (Wildman–Crippen LogP) is 5.66. The number of thiophene rings is 1. The van der Waals surface area contributed by atoms with Crippen molar-refractivity contribution in [3.05, 3.63) is 59.6 Å². The molecule has 4 rings (SSSR count). The first-order valence-corrected chi connectivity index (χ1v) is 9.98. The van der Waals surface area contributed by atoms with Gasteiger partial charge in [-0.1, -0.05) is 38.1 Å². The van der Waals surface area contributed by atoms with Crippen LogP contribution in [0.25, 0.3) is 32.1 Å². The summed E-state index contributed by atoms with van der Waals surface area (Å²) in [5.41, 5.74) is 4.14. The lowest BCUT2D eigenvalue weighted by Crippen LogP contribution is -2.32. The molecular formula is C23H24N2OS. The van der Waals surface area contributed by atoms with Gasteiger partial charge in [0, 0.05) is 34.5 Å².